The molecule has 168 valence electrons. The lowest BCUT2D eigenvalue weighted by Crippen LogP contribution is -2.54. The van der Waals surface area contributed by atoms with Gasteiger partial charge in [-0.3, -0.25) is 0 Å². The number of hydrogen-bond donors (Lipinski definition) is 4. The zero-order valence-corrected chi connectivity index (χ0v) is 18.9. The molecule has 0 aliphatic carbocycles. The number of anilines is 4. The molecule has 0 radical (unpaired) electrons. The number of nitrogens with one attached hydrogen (secondary N) is 4. The van der Waals surface area contributed by atoms with Crippen LogP contribution in [0.15, 0.2) is 24.4 Å². The third-order valence-electron chi connectivity index (χ3n) is 5.04. The molecular formula is C22H34N8O. The maximum atomic E-state index is 8.57. The lowest BCUT2D eigenvalue weighted by Gasteiger charge is -2.36. The van der Waals surface area contributed by atoms with Crippen LogP contribution in [0.2, 0.25) is 0 Å². The smallest absolute Gasteiger partial charge is 0.228 e. The van der Waals surface area contributed by atoms with E-state index in [1.165, 1.54) is 0 Å². The van der Waals surface area contributed by atoms with Gasteiger partial charge in [0.15, 0.2) is 5.82 Å². The van der Waals surface area contributed by atoms with Gasteiger partial charge in [-0.15, -0.1) is 0 Å². The van der Waals surface area contributed by atoms with Gasteiger partial charge in [0.05, 0.1) is 12.3 Å². The molecule has 0 spiro atoms. The van der Waals surface area contributed by atoms with Gasteiger partial charge in [-0.05, 0) is 39.3 Å². The van der Waals surface area contributed by atoms with Crippen molar-refractivity contribution in [3.63, 3.8) is 0 Å². The summed E-state index contributed by atoms with van der Waals surface area (Å²) >= 11 is 0. The standard InChI is InChI=1S/C22H34N8O/c1-5-17(23)19-20(25-11-12-31-6-2)21(27-18-9-7-8-10-24-18)29-22(28-19)30-13-15(3)26-16(4)14-30/h7-10,15-16,23,25-26H,5-6,11-14H2,1-4H3,(H,24,27,28,29)/t15-,16+. The zero-order valence-electron chi connectivity index (χ0n) is 18.9. The quantitative estimate of drug-likeness (QED) is 0.339. The van der Waals surface area contributed by atoms with Gasteiger partial charge in [0.2, 0.25) is 5.95 Å². The average molecular weight is 427 g/mol. The van der Waals surface area contributed by atoms with Crippen molar-refractivity contribution in [2.45, 2.75) is 46.2 Å². The first-order valence-corrected chi connectivity index (χ1v) is 11.0. The Bertz CT molecular complexity index is 850. The molecule has 0 amide bonds. The second kappa shape index (κ2) is 11.0. The first-order valence-electron chi connectivity index (χ1n) is 11.0. The summed E-state index contributed by atoms with van der Waals surface area (Å²) in [6.45, 7) is 11.7. The number of nitrogens with zero attached hydrogens (tertiary/aromatic N) is 4. The molecule has 1 aliphatic heterocycles. The molecular weight excluding hydrogens is 392 g/mol. The van der Waals surface area contributed by atoms with Crippen LogP contribution in [0.3, 0.4) is 0 Å². The highest BCUT2D eigenvalue weighted by Gasteiger charge is 2.26. The molecule has 31 heavy (non-hydrogen) atoms. The minimum absolute atomic E-state index is 0.331. The Labute approximate surface area is 184 Å². The largest absolute Gasteiger partial charge is 0.380 e. The number of pyridine rings is 1. The SMILES string of the molecule is CCOCCNc1c(Nc2ccccn2)nc(N2C[C@@H](C)N[C@@H](C)C2)nc1C(=N)CC. The molecule has 3 heterocycles. The van der Waals surface area contributed by atoms with Crippen LogP contribution in [-0.2, 0) is 4.74 Å². The fourth-order valence-corrected chi connectivity index (χ4v) is 3.67. The molecule has 3 rings (SSSR count). The molecule has 2 atom stereocenters. The van der Waals surface area contributed by atoms with Crippen LogP contribution >= 0.6 is 0 Å². The summed E-state index contributed by atoms with van der Waals surface area (Å²) in [4.78, 5) is 16.3. The highest BCUT2D eigenvalue weighted by molar-refractivity contribution is 6.03. The number of piperazine rings is 1. The highest BCUT2D eigenvalue weighted by Crippen LogP contribution is 2.30. The summed E-state index contributed by atoms with van der Waals surface area (Å²) in [5.74, 6) is 1.94. The molecule has 1 fully saturated rings. The highest BCUT2D eigenvalue weighted by atomic mass is 16.5. The molecule has 0 bridgehead atoms. The van der Waals surface area contributed by atoms with E-state index in [9.17, 15) is 0 Å². The Morgan fingerprint density at radius 1 is 1.23 bits per heavy atom. The van der Waals surface area contributed by atoms with Crippen molar-refractivity contribution in [2.75, 3.05) is 48.4 Å². The molecule has 2 aromatic heterocycles. The monoisotopic (exact) mass is 426 g/mol. The predicted octanol–water partition coefficient (Wildman–Crippen LogP) is 3.03. The van der Waals surface area contributed by atoms with Crippen LogP contribution in [0.1, 0.15) is 39.8 Å². The molecule has 0 unspecified atom stereocenters. The third kappa shape index (κ3) is 6.11. The van der Waals surface area contributed by atoms with E-state index >= 15 is 0 Å². The minimum atomic E-state index is 0.331. The summed E-state index contributed by atoms with van der Waals surface area (Å²) in [5, 5.41) is 18.8. The normalized spacial score (nSPS) is 18.6. The van der Waals surface area contributed by atoms with Crippen molar-refractivity contribution in [3.05, 3.63) is 30.1 Å². The lowest BCUT2D eigenvalue weighted by molar-refractivity contribution is 0.158. The Hall–Kier alpha value is -2.78. The van der Waals surface area contributed by atoms with Gasteiger partial charge in [0, 0.05) is 44.5 Å². The van der Waals surface area contributed by atoms with Crippen LogP contribution in [0.5, 0.6) is 0 Å². The number of ether oxygens (including phenoxy) is 1. The van der Waals surface area contributed by atoms with Gasteiger partial charge in [0.25, 0.3) is 0 Å². The third-order valence-corrected chi connectivity index (χ3v) is 5.04. The van der Waals surface area contributed by atoms with Crippen LogP contribution < -0.4 is 20.9 Å². The fraction of sp³-hybridized carbons (Fsp3) is 0.545. The van der Waals surface area contributed by atoms with E-state index in [0.29, 0.717) is 72.9 Å². The maximum absolute atomic E-state index is 8.57. The van der Waals surface area contributed by atoms with Crippen molar-refractivity contribution in [3.8, 4) is 0 Å². The van der Waals surface area contributed by atoms with Gasteiger partial charge in [-0.1, -0.05) is 13.0 Å². The van der Waals surface area contributed by atoms with Crippen molar-refractivity contribution in [1.29, 1.82) is 5.41 Å². The van der Waals surface area contributed by atoms with Gasteiger partial charge in [-0.2, -0.15) is 4.98 Å². The van der Waals surface area contributed by atoms with Gasteiger partial charge < -0.3 is 31.0 Å². The summed E-state index contributed by atoms with van der Waals surface area (Å²) in [6.07, 6.45) is 2.31. The fourth-order valence-electron chi connectivity index (χ4n) is 3.67. The first-order chi connectivity index (χ1) is 15.0. The summed E-state index contributed by atoms with van der Waals surface area (Å²) < 4.78 is 5.48. The Morgan fingerprint density at radius 3 is 2.65 bits per heavy atom. The van der Waals surface area contributed by atoms with Crippen molar-refractivity contribution < 1.29 is 4.74 Å². The molecule has 2 aromatic rings. The lowest BCUT2D eigenvalue weighted by atomic mass is 10.1. The maximum Gasteiger partial charge on any atom is 0.228 e. The van der Waals surface area contributed by atoms with E-state index in [1.54, 1.807) is 6.20 Å². The van der Waals surface area contributed by atoms with Crippen LogP contribution in [0.4, 0.5) is 23.3 Å². The Balaban J connectivity index is 2.02. The predicted molar refractivity (Wildman–Crippen MR) is 126 cm³/mol. The topological polar surface area (TPSA) is 111 Å². The van der Waals surface area contributed by atoms with Crippen LogP contribution in [-0.4, -0.2) is 65.6 Å². The molecule has 9 heteroatoms. The number of hydrogen-bond acceptors (Lipinski definition) is 9. The molecule has 4 N–H and O–H groups in total. The molecule has 1 aliphatic rings. The number of aromatic nitrogens is 3. The molecule has 0 aromatic carbocycles. The molecule has 9 nitrogen and oxygen atoms in total. The van der Waals surface area contributed by atoms with Gasteiger partial charge in [0.1, 0.15) is 17.2 Å². The van der Waals surface area contributed by atoms with Crippen LogP contribution in [0.25, 0.3) is 0 Å². The van der Waals surface area contributed by atoms with E-state index in [4.69, 9.17) is 20.1 Å². The van der Waals surface area contributed by atoms with Crippen molar-refractivity contribution in [2.24, 2.45) is 0 Å². The summed E-state index contributed by atoms with van der Waals surface area (Å²) in [6, 6.07) is 6.36. The van der Waals surface area contributed by atoms with E-state index in [2.05, 4.69) is 39.7 Å². The minimum Gasteiger partial charge on any atom is -0.380 e. The Kier molecular flexibility index (Phi) is 8.13. The first kappa shape index (κ1) is 22.9. The van der Waals surface area contributed by atoms with Gasteiger partial charge >= 0.3 is 0 Å². The van der Waals surface area contributed by atoms with Crippen LogP contribution in [0, 0.1) is 5.41 Å². The zero-order chi connectivity index (χ0) is 22.2. The summed E-state index contributed by atoms with van der Waals surface area (Å²) in [7, 11) is 0. The molecule has 1 saturated heterocycles. The average Bonchev–Trinajstić information content (AvgIpc) is 2.76. The summed E-state index contributed by atoms with van der Waals surface area (Å²) in [5.41, 5.74) is 1.78. The number of rotatable bonds is 10. The van der Waals surface area contributed by atoms with E-state index < -0.39 is 0 Å². The van der Waals surface area contributed by atoms with E-state index in [1.807, 2.05) is 32.0 Å². The van der Waals surface area contributed by atoms with E-state index in [0.717, 1.165) is 13.1 Å². The second-order valence-corrected chi connectivity index (χ2v) is 7.77. The van der Waals surface area contributed by atoms with Crippen molar-refractivity contribution in [1.82, 2.24) is 20.3 Å². The second-order valence-electron chi connectivity index (χ2n) is 7.77. The van der Waals surface area contributed by atoms with E-state index in [-0.39, 0.29) is 0 Å². The van der Waals surface area contributed by atoms with Crippen molar-refractivity contribution >= 4 is 29.0 Å². The van der Waals surface area contributed by atoms with Gasteiger partial charge in [-0.25, -0.2) is 9.97 Å². The molecule has 0 saturated carbocycles. The Morgan fingerprint density at radius 2 is 2.00 bits per heavy atom.